The summed E-state index contributed by atoms with van der Waals surface area (Å²) >= 11 is 0. The highest BCUT2D eigenvalue weighted by Crippen LogP contribution is 2.36. The van der Waals surface area contributed by atoms with Crippen LogP contribution in [0.3, 0.4) is 0 Å². The summed E-state index contributed by atoms with van der Waals surface area (Å²) in [6.45, 7) is 3.99. The summed E-state index contributed by atoms with van der Waals surface area (Å²) < 4.78 is 30.5. The minimum absolute atomic E-state index is 0.150. The average Bonchev–Trinajstić information content (AvgIpc) is 3.01. The predicted octanol–water partition coefficient (Wildman–Crippen LogP) is 1.60. The second-order valence-electron chi connectivity index (χ2n) is 7.06. The molecule has 2 aliphatic heterocycles. The van der Waals surface area contributed by atoms with Crippen molar-refractivity contribution in [2.75, 3.05) is 36.1 Å². The molecule has 0 amide bonds. The van der Waals surface area contributed by atoms with Crippen LogP contribution in [0.15, 0.2) is 24.4 Å². The van der Waals surface area contributed by atoms with E-state index in [1.165, 1.54) is 0 Å². The van der Waals surface area contributed by atoms with Crippen LogP contribution in [0.5, 0.6) is 0 Å². The monoisotopic (exact) mass is 389 g/mol. The van der Waals surface area contributed by atoms with Crippen molar-refractivity contribution < 1.29 is 13.2 Å². The van der Waals surface area contributed by atoms with Gasteiger partial charge in [0.2, 0.25) is 0 Å². The summed E-state index contributed by atoms with van der Waals surface area (Å²) in [5.74, 6) is 1.78. The van der Waals surface area contributed by atoms with E-state index in [0.29, 0.717) is 49.9 Å². The molecule has 0 spiro atoms. The van der Waals surface area contributed by atoms with Crippen molar-refractivity contribution in [1.82, 2.24) is 15.0 Å². The fourth-order valence-corrected chi connectivity index (χ4v) is 5.54. The second kappa shape index (κ2) is 7.05. The molecule has 0 bridgehead atoms. The van der Waals surface area contributed by atoms with Crippen molar-refractivity contribution in [2.24, 2.45) is 0 Å². The molecule has 2 atom stereocenters. The average molecular weight is 389 g/mol. The van der Waals surface area contributed by atoms with Crippen molar-refractivity contribution >= 4 is 21.5 Å². The largest absolute Gasteiger partial charge is 0.384 e. The van der Waals surface area contributed by atoms with E-state index in [4.69, 9.17) is 15.5 Å². The third kappa shape index (κ3) is 3.61. The Morgan fingerprint density at radius 3 is 2.85 bits per heavy atom. The van der Waals surface area contributed by atoms with Crippen LogP contribution < -0.4 is 10.6 Å². The Kier molecular flexibility index (Phi) is 4.73. The van der Waals surface area contributed by atoms with Crippen LogP contribution in [0.2, 0.25) is 0 Å². The van der Waals surface area contributed by atoms with Gasteiger partial charge in [-0.05, 0) is 31.9 Å². The first-order valence-electron chi connectivity index (χ1n) is 9.11. The van der Waals surface area contributed by atoms with Crippen molar-refractivity contribution in [3.63, 3.8) is 0 Å². The molecular weight excluding hydrogens is 366 g/mol. The summed E-state index contributed by atoms with van der Waals surface area (Å²) in [6, 6.07) is 5.46. The van der Waals surface area contributed by atoms with Crippen LogP contribution in [0.25, 0.3) is 11.4 Å². The minimum atomic E-state index is -3.18. The van der Waals surface area contributed by atoms with Gasteiger partial charge < -0.3 is 15.4 Å². The van der Waals surface area contributed by atoms with Crippen molar-refractivity contribution in [3.8, 4) is 11.4 Å². The molecule has 2 saturated heterocycles. The van der Waals surface area contributed by atoms with Gasteiger partial charge in [-0.2, -0.15) is 0 Å². The van der Waals surface area contributed by atoms with Crippen LogP contribution in [-0.4, -0.2) is 54.9 Å². The predicted molar refractivity (Wildman–Crippen MR) is 103 cm³/mol. The highest BCUT2D eigenvalue weighted by atomic mass is 32.2. The SMILES string of the molecule is C[C@@H]1COCCN1c1cc([C@H]2CCCS2(=O)=O)nc(-c2ccnc(N)c2)n1. The van der Waals surface area contributed by atoms with Gasteiger partial charge in [-0.1, -0.05) is 0 Å². The fraction of sp³-hybridized carbons (Fsp3) is 0.500. The molecule has 0 aromatic carbocycles. The first kappa shape index (κ1) is 18.1. The molecule has 0 saturated carbocycles. The summed E-state index contributed by atoms with van der Waals surface area (Å²) in [6.07, 6.45) is 2.86. The van der Waals surface area contributed by atoms with Crippen LogP contribution in [0.4, 0.5) is 11.6 Å². The Bertz CT molecular complexity index is 950. The summed E-state index contributed by atoms with van der Waals surface area (Å²) in [5.41, 5.74) is 7.09. The number of nitrogen functional groups attached to an aromatic ring is 1. The maximum absolute atomic E-state index is 12.5. The molecular formula is C18H23N5O3S. The number of rotatable bonds is 3. The van der Waals surface area contributed by atoms with Gasteiger partial charge in [0, 0.05) is 24.4 Å². The Balaban J connectivity index is 1.83. The van der Waals surface area contributed by atoms with E-state index in [-0.39, 0.29) is 11.8 Å². The van der Waals surface area contributed by atoms with E-state index in [1.807, 2.05) is 6.07 Å². The zero-order chi connectivity index (χ0) is 19.0. The first-order valence-corrected chi connectivity index (χ1v) is 10.8. The number of ether oxygens (including phenoxy) is 1. The van der Waals surface area contributed by atoms with Gasteiger partial charge in [0.25, 0.3) is 0 Å². The molecule has 0 aliphatic carbocycles. The summed E-state index contributed by atoms with van der Waals surface area (Å²) in [7, 11) is -3.18. The molecule has 4 rings (SSSR count). The zero-order valence-corrected chi connectivity index (χ0v) is 16.0. The number of anilines is 2. The van der Waals surface area contributed by atoms with Crippen molar-refractivity contribution in [2.45, 2.75) is 31.1 Å². The topological polar surface area (TPSA) is 111 Å². The van der Waals surface area contributed by atoms with E-state index in [9.17, 15) is 8.42 Å². The maximum Gasteiger partial charge on any atom is 0.161 e. The number of hydrogen-bond acceptors (Lipinski definition) is 8. The summed E-state index contributed by atoms with van der Waals surface area (Å²) in [4.78, 5) is 15.5. The molecule has 8 nitrogen and oxygen atoms in total. The molecule has 2 aliphatic rings. The lowest BCUT2D eigenvalue weighted by Crippen LogP contribution is -2.44. The van der Waals surface area contributed by atoms with E-state index >= 15 is 0 Å². The molecule has 2 fully saturated rings. The van der Waals surface area contributed by atoms with E-state index in [2.05, 4.69) is 21.8 Å². The number of aromatic nitrogens is 3. The maximum atomic E-state index is 12.5. The third-order valence-corrected chi connectivity index (χ3v) is 7.29. The van der Waals surface area contributed by atoms with E-state index < -0.39 is 15.1 Å². The molecule has 2 aromatic heterocycles. The van der Waals surface area contributed by atoms with Gasteiger partial charge >= 0.3 is 0 Å². The number of sulfone groups is 1. The van der Waals surface area contributed by atoms with Crippen LogP contribution in [0, 0.1) is 0 Å². The molecule has 144 valence electrons. The molecule has 9 heteroatoms. The van der Waals surface area contributed by atoms with Crippen molar-refractivity contribution in [1.29, 1.82) is 0 Å². The Hall–Kier alpha value is -2.26. The van der Waals surface area contributed by atoms with Crippen molar-refractivity contribution in [3.05, 3.63) is 30.1 Å². The lowest BCUT2D eigenvalue weighted by atomic mass is 10.1. The summed E-state index contributed by atoms with van der Waals surface area (Å²) in [5, 5.41) is -0.575. The number of nitrogens with two attached hydrogens (primary N) is 1. The van der Waals surface area contributed by atoms with Gasteiger partial charge in [0.15, 0.2) is 15.7 Å². The number of pyridine rings is 1. The van der Waals surface area contributed by atoms with Gasteiger partial charge in [-0.3, -0.25) is 0 Å². The number of morpholine rings is 1. The van der Waals surface area contributed by atoms with Gasteiger partial charge in [0.1, 0.15) is 16.9 Å². The normalized spacial score (nSPS) is 24.9. The highest BCUT2D eigenvalue weighted by molar-refractivity contribution is 7.91. The Morgan fingerprint density at radius 2 is 2.15 bits per heavy atom. The first-order chi connectivity index (χ1) is 12.9. The second-order valence-corrected chi connectivity index (χ2v) is 9.36. The van der Waals surface area contributed by atoms with Crippen LogP contribution in [-0.2, 0) is 14.6 Å². The van der Waals surface area contributed by atoms with Crippen LogP contribution >= 0.6 is 0 Å². The van der Waals surface area contributed by atoms with E-state index in [0.717, 1.165) is 11.4 Å². The zero-order valence-electron chi connectivity index (χ0n) is 15.2. The molecule has 2 aromatic rings. The lowest BCUT2D eigenvalue weighted by Gasteiger charge is -2.34. The Labute approximate surface area is 158 Å². The molecule has 2 N–H and O–H groups in total. The molecule has 0 radical (unpaired) electrons. The third-order valence-electron chi connectivity index (χ3n) is 5.09. The standard InChI is InChI=1S/C18H23N5O3S/c1-12-11-26-7-6-23(12)17-10-14(15-3-2-8-27(15,24)25)21-18(22-17)13-4-5-20-16(19)9-13/h4-5,9-10,12,15H,2-3,6-8,11H2,1H3,(H2,19,20)/t12-,15-/m1/s1. The lowest BCUT2D eigenvalue weighted by molar-refractivity contribution is 0.0985. The molecule has 27 heavy (non-hydrogen) atoms. The highest BCUT2D eigenvalue weighted by Gasteiger charge is 2.35. The van der Waals surface area contributed by atoms with Gasteiger partial charge in [-0.15, -0.1) is 0 Å². The minimum Gasteiger partial charge on any atom is -0.384 e. The quantitative estimate of drug-likeness (QED) is 0.842. The Morgan fingerprint density at radius 1 is 1.30 bits per heavy atom. The molecule has 4 heterocycles. The fourth-order valence-electron chi connectivity index (χ4n) is 3.67. The van der Waals surface area contributed by atoms with E-state index in [1.54, 1.807) is 18.3 Å². The van der Waals surface area contributed by atoms with Gasteiger partial charge in [-0.25, -0.2) is 23.4 Å². The smallest absolute Gasteiger partial charge is 0.161 e. The molecule has 0 unspecified atom stereocenters. The number of hydrogen-bond donors (Lipinski definition) is 1. The van der Waals surface area contributed by atoms with Crippen LogP contribution in [0.1, 0.15) is 30.7 Å². The number of nitrogens with zero attached hydrogens (tertiary/aromatic N) is 4. The van der Waals surface area contributed by atoms with Gasteiger partial charge in [0.05, 0.1) is 30.7 Å².